The van der Waals surface area contributed by atoms with Crippen LogP contribution in [0.5, 0.6) is 0 Å². The molecular formula is C11H15Br2NS. The van der Waals surface area contributed by atoms with Gasteiger partial charge in [-0.3, -0.25) is 0 Å². The average molecular weight is 353 g/mol. The van der Waals surface area contributed by atoms with Crippen LogP contribution in [-0.2, 0) is 6.54 Å². The fourth-order valence-corrected chi connectivity index (χ4v) is 3.76. The molecule has 0 saturated heterocycles. The summed E-state index contributed by atoms with van der Waals surface area (Å²) in [5.74, 6) is 1.07. The molecule has 0 unspecified atom stereocenters. The molecule has 0 aromatic carbocycles. The first-order chi connectivity index (χ1) is 7.25. The number of nitrogens with one attached hydrogen (secondary N) is 1. The molecule has 2 rings (SSSR count). The molecule has 0 atom stereocenters. The third kappa shape index (κ3) is 4.17. The molecule has 1 nitrogen and oxygen atoms in total. The highest BCUT2D eigenvalue weighted by Gasteiger charge is 2.19. The van der Waals surface area contributed by atoms with Crippen molar-refractivity contribution in [2.24, 2.45) is 5.92 Å². The van der Waals surface area contributed by atoms with Crippen LogP contribution in [0.15, 0.2) is 14.3 Å². The van der Waals surface area contributed by atoms with Crippen LogP contribution >= 0.6 is 43.2 Å². The number of hydrogen-bond acceptors (Lipinski definition) is 2. The maximum atomic E-state index is 3.51. The molecule has 0 aliphatic heterocycles. The van der Waals surface area contributed by atoms with Gasteiger partial charge in [0.25, 0.3) is 0 Å². The summed E-state index contributed by atoms with van der Waals surface area (Å²) in [5.41, 5.74) is 0. The molecule has 84 valence electrons. The number of rotatable bonds is 6. The highest BCUT2D eigenvalue weighted by atomic mass is 79.9. The zero-order valence-corrected chi connectivity index (χ0v) is 12.6. The van der Waals surface area contributed by atoms with Crippen LogP contribution in [0.4, 0.5) is 0 Å². The van der Waals surface area contributed by atoms with Crippen LogP contribution in [0.3, 0.4) is 0 Å². The van der Waals surface area contributed by atoms with Crippen molar-refractivity contribution in [1.29, 1.82) is 0 Å². The lowest BCUT2D eigenvalue weighted by atomic mass is 10.2. The Labute approximate surface area is 112 Å². The van der Waals surface area contributed by atoms with Crippen molar-refractivity contribution in [3.05, 3.63) is 19.2 Å². The SMILES string of the molecule is Brc1cc(CNCCCC2CC2)sc1Br. The van der Waals surface area contributed by atoms with E-state index in [1.165, 1.54) is 38.8 Å². The standard InChI is InChI=1S/C11H15Br2NS/c12-10-6-9(15-11(10)13)7-14-5-1-2-8-3-4-8/h6,8,14H,1-5,7H2. The lowest BCUT2D eigenvalue weighted by Crippen LogP contribution is -2.13. The van der Waals surface area contributed by atoms with E-state index in [-0.39, 0.29) is 0 Å². The number of hydrogen-bond donors (Lipinski definition) is 1. The molecule has 0 radical (unpaired) electrons. The average Bonchev–Trinajstić information content (AvgIpc) is 2.95. The van der Waals surface area contributed by atoms with Crippen molar-refractivity contribution < 1.29 is 0 Å². The topological polar surface area (TPSA) is 12.0 Å². The quantitative estimate of drug-likeness (QED) is 0.740. The fraction of sp³-hybridized carbons (Fsp3) is 0.636. The van der Waals surface area contributed by atoms with Gasteiger partial charge in [0.2, 0.25) is 0 Å². The lowest BCUT2D eigenvalue weighted by Gasteiger charge is -2.01. The fourth-order valence-electron chi connectivity index (χ4n) is 1.61. The zero-order valence-electron chi connectivity index (χ0n) is 8.56. The highest BCUT2D eigenvalue weighted by Crippen LogP contribution is 2.33. The van der Waals surface area contributed by atoms with Crippen LogP contribution in [0.25, 0.3) is 0 Å². The van der Waals surface area contributed by atoms with E-state index in [0.29, 0.717) is 0 Å². The molecule has 1 fully saturated rings. The van der Waals surface area contributed by atoms with E-state index < -0.39 is 0 Å². The Kier molecular flexibility index (Phi) is 4.68. The van der Waals surface area contributed by atoms with Crippen molar-refractivity contribution in [2.75, 3.05) is 6.54 Å². The van der Waals surface area contributed by atoms with Gasteiger partial charge in [0, 0.05) is 15.9 Å². The normalized spacial score (nSPS) is 15.9. The smallest absolute Gasteiger partial charge is 0.0843 e. The molecule has 0 bridgehead atoms. The maximum absolute atomic E-state index is 3.51. The van der Waals surface area contributed by atoms with E-state index in [1.54, 1.807) is 11.3 Å². The summed E-state index contributed by atoms with van der Waals surface area (Å²) < 4.78 is 2.36. The highest BCUT2D eigenvalue weighted by molar-refractivity contribution is 9.13. The predicted molar refractivity (Wildman–Crippen MR) is 73.4 cm³/mol. The Bertz CT molecular complexity index is 301. The molecule has 1 saturated carbocycles. The van der Waals surface area contributed by atoms with Gasteiger partial charge in [-0.25, -0.2) is 0 Å². The van der Waals surface area contributed by atoms with Crippen molar-refractivity contribution in [1.82, 2.24) is 5.32 Å². The molecule has 1 aromatic rings. The van der Waals surface area contributed by atoms with Crippen molar-refractivity contribution in [3.8, 4) is 0 Å². The van der Waals surface area contributed by atoms with E-state index in [2.05, 4.69) is 43.2 Å². The van der Waals surface area contributed by atoms with Gasteiger partial charge >= 0.3 is 0 Å². The molecule has 4 heteroatoms. The van der Waals surface area contributed by atoms with Gasteiger partial charge in [0.05, 0.1) is 3.79 Å². The van der Waals surface area contributed by atoms with Gasteiger partial charge < -0.3 is 5.32 Å². The van der Waals surface area contributed by atoms with Gasteiger partial charge in [-0.05, 0) is 63.2 Å². The van der Waals surface area contributed by atoms with E-state index in [0.717, 1.165) is 19.0 Å². The van der Waals surface area contributed by atoms with Crippen LogP contribution in [0.2, 0.25) is 0 Å². The molecular weight excluding hydrogens is 338 g/mol. The molecule has 1 N–H and O–H groups in total. The van der Waals surface area contributed by atoms with Crippen LogP contribution in [-0.4, -0.2) is 6.54 Å². The summed E-state index contributed by atoms with van der Waals surface area (Å²) in [6.07, 6.45) is 5.71. The molecule has 1 aromatic heterocycles. The minimum Gasteiger partial charge on any atom is -0.312 e. The Balaban J connectivity index is 1.60. The van der Waals surface area contributed by atoms with E-state index in [1.807, 2.05) is 0 Å². The van der Waals surface area contributed by atoms with Crippen molar-refractivity contribution in [3.63, 3.8) is 0 Å². The van der Waals surface area contributed by atoms with Gasteiger partial charge in [-0.15, -0.1) is 11.3 Å². The first-order valence-corrected chi connectivity index (χ1v) is 7.80. The first kappa shape index (κ1) is 12.1. The number of thiophene rings is 1. The first-order valence-electron chi connectivity index (χ1n) is 5.40. The van der Waals surface area contributed by atoms with Gasteiger partial charge in [-0.1, -0.05) is 12.8 Å². The Morgan fingerprint density at radius 3 is 2.80 bits per heavy atom. The van der Waals surface area contributed by atoms with Crippen molar-refractivity contribution in [2.45, 2.75) is 32.2 Å². The second kappa shape index (κ2) is 5.80. The largest absolute Gasteiger partial charge is 0.312 e. The Morgan fingerprint density at radius 2 is 2.20 bits per heavy atom. The Morgan fingerprint density at radius 1 is 1.40 bits per heavy atom. The minimum absolute atomic E-state index is 1.000. The second-order valence-electron chi connectivity index (χ2n) is 4.10. The summed E-state index contributed by atoms with van der Waals surface area (Å²) in [6.45, 7) is 2.16. The van der Waals surface area contributed by atoms with E-state index in [9.17, 15) is 0 Å². The van der Waals surface area contributed by atoms with Crippen molar-refractivity contribution >= 4 is 43.2 Å². The summed E-state index contributed by atoms with van der Waals surface area (Å²) >= 11 is 8.81. The van der Waals surface area contributed by atoms with Crippen LogP contribution < -0.4 is 5.32 Å². The van der Waals surface area contributed by atoms with Gasteiger partial charge in [-0.2, -0.15) is 0 Å². The molecule has 1 heterocycles. The van der Waals surface area contributed by atoms with Gasteiger partial charge in [0.15, 0.2) is 0 Å². The number of halogens is 2. The summed E-state index contributed by atoms with van der Waals surface area (Å²) in [6, 6.07) is 2.18. The third-order valence-electron chi connectivity index (χ3n) is 2.66. The molecule has 15 heavy (non-hydrogen) atoms. The molecule has 1 aliphatic rings. The summed E-state index contributed by atoms with van der Waals surface area (Å²) in [7, 11) is 0. The Hall–Kier alpha value is 0.620. The zero-order chi connectivity index (χ0) is 10.7. The molecule has 0 amide bonds. The van der Waals surface area contributed by atoms with E-state index >= 15 is 0 Å². The monoisotopic (exact) mass is 351 g/mol. The van der Waals surface area contributed by atoms with E-state index in [4.69, 9.17) is 0 Å². The minimum atomic E-state index is 1.000. The summed E-state index contributed by atoms with van der Waals surface area (Å²) in [5, 5.41) is 3.49. The second-order valence-corrected chi connectivity index (χ2v) is 7.41. The predicted octanol–water partition coefficient (Wildman–Crippen LogP) is 4.55. The maximum Gasteiger partial charge on any atom is 0.0843 e. The molecule has 1 aliphatic carbocycles. The van der Waals surface area contributed by atoms with Gasteiger partial charge in [0.1, 0.15) is 0 Å². The van der Waals surface area contributed by atoms with Crippen LogP contribution in [0.1, 0.15) is 30.6 Å². The summed E-state index contributed by atoms with van der Waals surface area (Å²) in [4.78, 5) is 1.39. The lowest BCUT2D eigenvalue weighted by molar-refractivity contribution is 0.596. The van der Waals surface area contributed by atoms with Crippen LogP contribution in [0, 0.1) is 5.92 Å². The third-order valence-corrected chi connectivity index (χ3v) is 5.91. The molecule has 0 spiro atoms.